The second kappa shape index (κ2) is 576. The smallest absolute Gasteiger partial charge is 0.0511 e. The van der Waals surface area contributed by atoms with Gasteiger partial charge < -0.3 is 0 Å². The van der Waals surface area contributed by atoms with Gasteiger partial charge in [0.05, 0.1) is 1.28 Å². The summed E-state index contributed by atoms with van der Waals surface area (Å²) in [5.41, 5.74) is 0. The molecular weight excluding hydrogens is 91.0 g/mol. The summed E-state index contributed by atoms with van der Waals surface area (Å²) in [6, 6.07) is 0. The predicted octanol–water partition coefficient (Wildman–Crippen LogP) is 4.71. The van der Waals surface area contributed by atoms with Crippen LogP contribution in [0, 0.1) is 0 Å². The Labute approximate surface area is 58.2 Å². The lowest BCUT2D eigenvalue weighted by atomic mass is 12.0. The summed E-state index contributed by atoms with van der Waals surface area (Å²) in [5.74, 6) is 0. The van der Waals surface area contributed by atoms with Crippen LogP contribution >= 0.6 is 9.84 Å². The fourth-order valence-corrected chi connectivity index (χ4v) is 0. The summed E-state index contributed by atoms with van der Waals surface area (Å²) in [5, 5.41) is 0. The van der Waals surface area contributed by atoms with Gasteiger partial charge in [0.1, 0.15) is 0 Å². The summed E-state index contributed by atoms with van der Waals surface area (Å²) in [7, 11) is 1.67. The van der Waals surface area contributed by atoms with E-state index < -0.39 is 0 Å². The lowest BCUT2D eigenvalue weighted by Crippen LogP contribution is 0.143. The van der Waals surface area contributed by atoms with Crippen molar-refractivity contribution in [2.75, 3.05) is 0 Å². The molecule has 0 radical (unpaired) electrons. The zero-order valence-corrected chi connectivity index (χ0v) is 1.73. The van der Waals surface area contributed by atoms with Gasteiger partial charge in [-0.05, 0) is 0 Å². The molecule has 0 spiro atoms. The van der Waals surface area contributed by atoms with Crippen LogP contribution in [-0.2, 0) is 0 Å². The zero-order chi connectivity index (χ0) is 2.00. The van der Waals surface area contributed by atoms with Gasteiger partial charge in [-0.1, -0.05) is 37.1 Å². The highest BCUT2D eigenvalue weighted by Gasteiger charge is -0.0735. The zero-order valence-electron chi connectivity index (χ0n) is 1.58. The van der Waals surface area contributed by atoms with E-state index >= 15 is 0 Å². The van der Waals surface area contributed by atoms with Gasteiger partial charge in [0.15, 0.2) is 0 Å². The molecule has 6 heavy (non-hydrogen) atoms. The van der Waals surface area contributed by atoms with Crippen LogP contribution in [0.4, 0.5) is 0 Å². The van der Waals surface area contributed by atoms with E-state index in [1.54, 1.807) is 9.84 Å². The second-order valence-corrected chi connectivity index (χ2v) is 0. The third kappa shape index (κ3) is 282. The lowest BCUT2D eigenvalue weighted by molar-refractivity contribution is 2.50. The Morgan fingerprint density at radius 2 is 0.833 bits per heavy atom. The van der Waals surface area contributed by atoms with Crippen molar-refractivity contribution in [1.82, 2.24) is 0 Å². The topological polar surface area (TPSA) is 0 Å². The Morgan fingerprint density at radius 3 is 0.833 bits per heavy atom. The van der Waals surface area contributed by atoms with E-state index in [-0.39, 0.29) is 45.7 Å². The van der Waals surface area contributed by atoms with Crippen LogP contribution < -0.4 is 0 Å². The molecule has 0 aliphatic heterocycles. The van der Waals surface area contributed by atoms with E-state index in [2.05, 4.69) is 0 Å². The molecule has 0 aliphatic rings. The number of hydrogen-bond donors (Lipinski definition) is 0. The van der Waals surface area contributed by atoms with Gasteiger partial charge in [-0.25, -0.2) is 0 Å². The van der Waals surface area contributed by atoms with Gasteiger partial charge in [0.25, 0.3) is 0 Å². The van der Waals surface area contributed by atoms with Gasteiger partial charge in [-0.15, -0.1) is 0 Å². The third-order valence-electron chi connectivity index (χ3n) is 0. The van der Waals surface area contributed by atoms with Gasteiger partial charge in [0.2, 0.25) is 0 Å². The molecule has 0 N–H and O–H groups in total. The molecule has 60 valence electrons. The Bertz CT molecular complexity index is 16.8. The predicted molar refractivity (Wildman–Crippen MR) is 57.4 cm³/mol. The van der Waals surface area contributed by atoms with Crippen LogP contribution in [0.2, 0.25) is 0 Å². The van der Waals surface area contributed by atoms with E-state index in [4.69, 9.17) is 1.28 Å². The van der Waals surface area contributed by atoms with Crippen molar-refractivity contribution < 1.29 is 8.56 Å². The molecule has 0 aromatic heterocycles. The Morgan fingerprint density at radius 1 is 0.833 bits per heavy atom. The van der Waals surface area contributed by atoms with Crippen molar-refractivity contribution in [3.8, 4) is 0 Å². The minimum Gasteiger partial charge on any atom is -0.153 e. The fourth-order valence-electron chi connectivity index (χ4n) is 0. The molecule has 0 fully saturated rings. The van der Waals surface area contributed by atoms with Crippen LogP contribution in [0.1, 0.15) is 45.7 Å². The molecule has 0 saturated heterocycles. The molecule has 0 bridgehead atoms. The summed E-state index contributed by atoms with van der Waals surface area (Å²) in [6.45, 7) is 0. The van der Waals surface area contributed by atoms with Crippen LogP contribution in [0.3, 0.4) is 0 Å². The number of hydrogen-bond acceptors (Lipinski definition) is 0. The molecule has 0 heterocycles. The largest absolute Gasteiger partial charge is 0.153 e. The molecule has 0 rings (SSSR count). The highest BCUT2D eigenvalue weighted by Crippen LogP contribution is 0.861. The molecule has 1 heteroatoms. The Kier molecular flexibility index (Phi) is 8910. The van der Waals surface area contributed by atoms with Crippen molar-refractivity contribution in [1.29, 1.82) is 1.28 Å². The first-order valence-electron chi connectivity index (χ1n) is 0.577. The molecule has 0 aromatic rings. The molecule has 0 nitrogen and oxygen atoms in total. The molecule has 0 aliphatic carbocycles. The van der Waals surface area contributed by atoms with E-state index in [0.717, 1.165) is 0 Å². The fraction of sp³-hybridized carbons (Fsp3) is 1.00. The summed E-state index contributed by atoms with van der Waals surface area (Å²) in [6.07, 6.45) is 0. The molecular formula is C5H35P. The van der Waals surface area contributed by atoms with Crippen LogP contribution in [-0.4, -0.2) is 1.28 Å². The molecule has 0 saturated carbocycles. The van der Waals surface area contributed by atoms with E-state index in [1.807, 2.05) is 0 Å². The average Bonchev–Trinajstić information content (AvgIpc) is 1.00. The SMILES string of the molecule is C.C.C.C.C.[3HH].[3HH].[3HH].[3HH].[3HH].[3HH].[3H]P. The van der Waals surface area contributed by atoms with E-state index in [1.165, 1.54) is 0 Å². The van der Waals surface area contributed by atoms with Gasteiger partial charge in [-0.2, -0.15) is 9.84 Å². The van der Waals surface area contributed by atoms with E-state index in [0.29, 0.717) is 0 Å². The van der Waals surface area contributed by atoms with Crippen LogP contribution in [0.5, 0.6) is 0 Å². The Hall–Kier alpha value is 0.430. The standard InChI is InChI=1S/5CH4.H3P.6H2/h5*1H4;1H3;6*1H/i;;;;;1T;6*1+2. The minimum absolute atomic E-state index is 0. The van der Waals surface area contributed by atoms with Crippen molar-refractivity contribution in [2.24, 2.45) is 0 Å². The van der Waals surface area contributed by atoms with Crippen molar-refractivity contribution in [3.05, 3.63) is 0 Å². The lowest BCUT2D eigenvalue weighted by Gasteiger charge is -0.153. The third-order valence-corrected chi connectivity index (χ3v) is 0. The summed E-state index contributed by atoms with van der Waals surface area (Å²) in [4.78, 5) is 0. The molecule has 0 amide bonds. The first-order chi connectivity index (χ1) is 1.00. The first kappa shape index (κ1) is 92.7. The summed E-state index contributed by atoms with van der Waals surface area (Å²) >= 11 is 0. The minimum atomic E-state index is 0. The van der Waals surface area contributed by atoms with Gasteiger partial charge in [0, 0.05) is 8.56 Å². The average molecular weight is 140 g/mol. The first-order valence-corrected chi connectivity index (χ1v) is 0. The highest BCUT2D eigenvalue weighted by molar-refractivity contribution is 6.92. The molecule has 1 unspecified atom stereocenters. The second-order valence-electron chi connectivity index (χ2n) is 0. The monoisotopic (exact) mass is 140 g/mol. The highest BCUT2D eigenvalue weighted by atomic mass is 31.0. The number of rotatable bonds is 0. The van der Waals surface area contributed by atoms with Crippen molar-refractivity contribution in [3.63, 3.8) is 0 Å². The quantitative estimate of drug-likeness (QED) is 0.427. The van der Waals surface area contributed by atoms with Gasteiger partial charge >= 0.3 is 0 Å². The van der Waals surface area contributed by atoms with E-state index in [9.17, 15) is 0 Å². The van der Waals surface area contributed by atoms with Crippen molar-refractivity contribution >= 4 is 9.84 Å². The van der Waals surface area contributed by atoms with Crippen LogP contribution in [0.15, 0.2) is 0 Å². The maximum Gasteiger partial charge on any atom is 0.0511 e. The maximum absolute atomic E-state index is 5.67. The Balaban J connectivity index is -0.0000000000909. The molecule has 1 atom stereocenters. The summed E-state index contributed by atoms with van der Waals surface area (Å²) < 4.78 is 5.67. The van der Waals surface area contributed by atoms with Gasteiger partial charge in [-0.3, -0.25) is 0 Å². The normalized spacial score (nSPS) is 1.17. The van der Waals surface area contributed by atoms with Crippen LogP contribution in [0.25, 0.3) is 0 Å². The molecule has 0 aromatic carbocycles. The maximum atomic E-state index is 5.67. The van der Waals surface area contributed by atoms with Crippen molar-refractivity contribution in [2.45, 2.75) is 37.1 Å².